The summed E-state index contributed by atoms with van der Waals surface area (Å²) in [4.78, 5) is 9.38. The van der Waals surface area contributed by atoms with Crippen molar-refractivity contribution in [2.45, 2.75) is 38.5 Å². The Balaban J connectivity index is 0.00000157. The Labute approximate surface area is 151 Å². The fourth-order valence-corrected chi connectivity index (χ4v) is 4.46. The monoisotopic (exact) mass is 360 g/mol. The number of nitrogens with zero attached hydrogens (tertiary/aromatic N) is 5. The minimum atomic E-state index is 0. The van der Waals surface area contributed by atoms with E-state index in [0.717, 1.165) is 48.0 Å². The highest BCUT2D eigenvalue weighted by Crippen LogP contribution is 2.47. The average Bonchev–Trinajstić information content (AvgIpc) is 3.28. The van der Waals surface area contributed by atoms with Crippen molar-refractivity contribution in [1.82, 2.24) is 30.1 Å². The summed E-state index contributed by atoms with van der Waals surface area (Å²) in [6, 6.07) is 2.01. The molecule has 2 atom stereocenters. The number of aryl methyl sites for hydroxylation is 2. The van der Waals surface area contributed by atoms with Gasteiger partial charge in [0, 0.05) is 17.9 Å². The lowest BCUT2D eigenvalue weighted by atomic mass is 9.80. The maximum Gasteiger partial charge on any atom is 0.234 e. The Morgan fingerprint density at radius 1 is 1.32 bits per heavy atom. The molecule has 1 aliphatic heterocycles. The summed E-state index contributed by atoms with van der Waals surface area (Å²) >= 11 is 0. The molecule has 5 rings (SSSR count). The predicted molar refractivity (Wildman–Crippen MR) is 94.9 cm³/mol. The van der Waals surface area contributed by atoms with Crippen molar-refractivity contribution in [1.29, 1.82) is 0 Å². The van der Waals surface area contributed by atoms with Crippen LogP contribution in [0.4, 0.5) is 0 Å². The highest BCUT2D eigenvalue weighted by molar-refractivity contribution is 5.85. The summed E-state index contributed by atoms with van der Waals surface area (Å²) in [7, 11) is 0. The van der Waals surface area contributed by atoms with Crippen molar-refractivity contribution in [2.75, 3.05) is 13.1 Å². The van der Waals surface area contributed by atoms with Gasteiger partial charge in [0.1, 0.15) is 0 Å². The van der Waals surface area contributed by atoms with Gasteiger partial charge in [-0.25, -0.2) is 9.50 Å². The molecular formula is C17H21ClN6O. The molecule has 0 aromatic carbocycles. The summed E-state index contributed by atoms with van der Waals surface area (Å²) in [6.07, 6.45) is 5.37. The molecule has 2 fully saturated rings. The molecule has 25 heavy (non-hydrogen) atoms. The molecule has 2 aliphatic rings. The number of nitrogens with one attached hydrogen (secondary N) is 1. The van der Waals surface area contributed by atoms with Gasteiger partial charge in [-0.3, -0.25) is 0 Å². The van der Waals surface area contributed by atoms with Gasteiger partial charge in [0.2, 0.25) is 11.7 Å². The lowest BCUT2D eigenvalue weighted by Gasteiger charge is -2.22. The van der Waals surface area contributed by atoms with E-state index in [0.29, 0.717) is 11.7 Å². The zero-order valence-corrected chi connectivity index (χ0v) is 15.1. The number of aromatic nitrogens is 5. The summed E-state index contributed by atoms with van der Waals surface area (Å²) < 4.78 is 7.55. The summed E-state index contributed by atoms with van der Waals surface area (Å²) in [5.41, 5.74) is 3.63. The largest absolute Gasteiger partial charge is 0.338 e. The Bertz CT molecular complexity index is 923. The average molecular weight is 361 g/mol. The molecule has 1 aliphatic carbocycles. The number of halogens is 1. The van der Waals surface area contributed by atoms with Crippen molar-refractivity contribution in [3.05, 3.63) is 29.5 Å². The van der Waals surface area contributed by atoms with E-state index in [1.165, 1.54) is 12.8 Å². The third-order valence-electron chi connectivity index (χ3n) is 5.66. The highest BCUT2D eigenvalue weighted by Gasteiger charge is 2.51. The van der Waals surface area contributed by atoms with Gasteiger partial charge in [0.15, 0.2) is 5.65 Å². The van der Waals surface area contributed by atoms with E-state index >= 15 is 0 Å². The highest BCUT2D eigenvalue weighted by atomic mass is 35.5. The smallest absolute Gasteiger partial charge is 0.234 e. The first kappa shape index (κ1) is 16.5. The molecule has 0 unspecified atom stereocenters. The van der Waals surface area contributed by atoms with E-state index in [9.17, 15) is 0 Å². The molecule has 3 aromatic rings. The van der Waals surface area contributed by atoms with Gasteiger partial charge in [0.25, 0.3) is 0 Å². The predicted octanol–water partition coefficient (Wildman–Crippen LogP) is 2.46. The third kappa shape index (κ3) is 2.29. The van der Waals surface area contributed by atoms with Gasteiger partial charge >= 0.3 is 0 Å². The van der Waals surface area contributed by atoms with E-state index in [2.05, 4.69) is 20.6 Å². The van der Waals surface area contributed by atoms with Crippen LogP contribution in [0.1, 0.15) is 36.5 Å². The van der Waals surface area contributed by atoms with Crippen LogP contribution < -0.4 is 5.32 Å². The topological polar surface area (TPSA) is 81.1 Å². The third-order valence-corrected chi connectivity index (χ3v) is 5.66. The zero-order valence-electron chi connectivity index (χ0n) is 14.3. The fraction of sp³-hybridized carbons (Fsp3) is 0.529. The molecule has 0 radical (unpaired) electrons. The van der Waals surface area contributed by atoms with Gasteiger partial charge in [-0.15, -0.1) is 12.4 Å². The molecule has 1 saturated heterocycles. The summed E-state index contributed by atoms with van der Waals surface area (Å²) in [5, 5.41) is 12.2. The molecule has 7 nitrogen and oxygen atoms in total. The normalized spacial score (nSPS) is 25.3. The first-order valence-corrected chi connectivity index (χ1v) is 8.55. The van der Waals surface area contributed by atoms with Crippen LogP contribution in [0.15, 0.2) is 16.8 Å². The molecule has 8 heteroatoms. The molecule has 3 aromatic heterocycles. The Hall–Kier alpha value is -1.99. The van der Waals surface area contributed by atoms with Crippen molar-refractivity contribution < 1.29 is 4.52 Å². The molecular weight excluding hydrogens is 340 g/mol. The number of rotatable bonds is 2. The zero-order chi connectivity index (χ0) is 16.3. The van der Waals surface area contributed by atoms with Crippen LogP contribution in [0.2, 0.25) is 0 Å². The van der Waals surface area contributed by atoms with Gasteiger partial charge in [0.05, 0.1) is 17.2 Å². The van der Waals surface area contributed by atoms with Crippen molar-refractivity contribution in [3.63, 3.8) is 0 Å². The first-order valence-electron chi connectivity index (χ1n) is 8.55. The number of hydrogen-bond donors (Lipinski definition) is 1. The van der Waals surface area contributed by atoms with Gasteiger partial charge in [-0.05, 0) is 45.2 Å². The van der Waals surface area contributed by atoms with Crippen LogP contribution in [0.5, 0.6) is 0 Å². The second kappa shape index (κ2) is 5.78. The van der Waals surface area contributed by atoms with Crippen LogP contribution in [-0.2, 0) is 5.41 Å². The quantitative estimate of drug-likeness (QED) is 0.756. The van der Waals surface area contributed by atoms with Gasteiger partial charge in [-0.2, -0.15) is 10.1 Å². The van der Waals surface area contributed by atoms with Crippen molar-refractivity contribution in [3.8, 4) is 11.4 Å². The second-order valence-electron chi connectivity index (χ2n) is 7.13. The molecule has 1 N–H and O–H groups in total. The van der Waals surface area contributed by atoms with E-state index in [-0.39, 0.29) is 17.8 Å². The maximum atomic E-state index is 5.72. The Morgan fingerprint density at radius 2 is 2.20 bits per heavy atom. The second-order valence-corrected chi connectivity index (χ2v) is 7.13. The van der Waals surface area contributed by atoms with Crippen LogP contribution in [-0.4, -0.2) is 37.8 Å². The van der Waals surface area contributed by atoms with Crippen LogP contribution in [0.25, 0.3) is 17.0 Å². The van der Waals surface area contributed by atoms with Crippen LogP contribution in [0.3, 0.4) is 0 Å². The first-order chi connectivity index (χ1) is 11.7. The van der Waals surface area contributed by atoms with Crippen molar-refractivity contribution in [2.24, 2.45) is 5.92 Å². The van der Waals surface area contributed by atoms with E-state index in [4.69, 9.17) is 9.51 Å². The molecule has 4 heterocycles. The van der Waals surface area contributed by atoms with Crippen molar-refractivity contribution >= 4 is 18.1 Å². The van der Waals surface area contributed by atoms with Crippen LogP contribution >= 0.6 is 12.4 Å². The number of fused-ring (bicyclic) bond motifs is 2. The molecule has 0 amide bonds. The number of hydrogen-bond acceptors (Lipinski definition) is 6. The SMILES string of the molecule is Cc1cc(C)n2ncc(-c3noc([C@@]45CCC[C@@H]4CNC5)n3)c2n1.Cl. The fourth-order valence-electron chi connectivity index (χ4n) is 4.46. The Kier molecular flexibility index (Phi) is 3.81. The van der Waals surface area contributed by atoms with E-state index < -0.39 is 0 Å². The van der Waals surface area contributed by atoms with Crippen LogP contribution in [0, 0.1) is 19.8 Å². The minimum absolute atomic E-state index is 0. The standard InChI is InChI=1S/C17H20N6O.ClH/c1-10-6-11(2)23-15(20-10)13(8-19-23)14-21-16(24-22-14)17-5-3-4-12(17)7-18-9-17;/h6,8,12,18H,3-5,7,9H2,1-2H3;1H/t12-,17-;/m1./s1. The maximum absolute atomic E-state index is 5.72. The lowest BCUT2D eigenvalue weighted by molar-refractivity contribution is 0.265. The molecule has 1 saturated carbocycles. The van der Waals surface area contributed by atoms with Gasteiger partial charge < -0.3 is 9.84 Å². The molecule has 0 spiro atoms. The summed E-state index contributed by atoms with van der Waals surface area (Å²) in [5.74, 6) is 1.97. The van der Waals surface area contributed by atoms with E-state index in [1.54, 1.807) is 6.20 Å². The molecule has 132 valence electrons. The van der Waals surface area contributed by atoms with Gasteiger partial charge in [-0.1, -0.05) is 11.6 Å². The van der Waals surface area contributed by atoms with E-state index in [1.807, 2.05) is 24.4 Å². The lowest BCUT2D eigenvalue weighted by Crippen LogP contribution is -2.31. The minimum Gasteiger partial charge on any atom is -0.338 e. The summed E-state index contributed by atoms with van der Waals surface area (Å²) in [6.45, 7) is 5.99. The molecule has 0 bridgehead atoms. The Morgan fingerprint density at radius 3 is 3.08 bits per heavy atom.